The normalized spacial score (nSPS) is 15.7. The van der Waals surface area contributed by atoms with Crippen LogP contribution in [0.5, 0.6) is 0 Å². The number of sulfonamides is 1. The molecule has 0 saturated heterocycles. The molecule has 1 aromatic heterocycles. The number of nitrogens with one attached hydrogen (secondary N) is 1. The number of rotatable bonds is 9. The second kappa shape index (κ2) is 7.00. The van der Waals surface area contributed by atoms with E-state index in [4.69, 9.17) is 10.5 Å². The van der Waals surface area contributed by atoms with Gasteiger partial charge in [-0.2, -0.15) is 0 Å². The molecule has 5 nitrogen and oxygen atoms in total. The molecule has 0 unspecified atom stereocenters. The van der Waals surface area contributed by atoms with E-state index in [1.165, 1.54) is 24.2 Å². The van der Waals surface area contributed by atoms with Gasteiger partial charge < -0.3 is 10.5 Å². The molecule has 0 aromatic carbocycles. The van der Waals surface area contributed by atoms with Crippen LogP contribution in [0.25, 0.3) is 0 Å². The fraction of sp³-hybridized carbons (Fsp3) is 0.692. The van der Waals surface area contributed by atoms with Crippen molar-refractivity contribution in [3.8, 4) is 0 Å². The van der Waals surface area contributed by atoms with Crippen LogP contribution >= 0.6 is 11.3 Å². The third-order valence-electron chi connectivity index (χ3n) is 3.22. The Morgan fingerprint density at radius 2 is 2.25 bits per heavy atom. The zero-order chi connectivity index (χ0) is 14.6. The second-order valence-electron chi connectivity index (χ2n) is 5.11. The van der Waals surface area contributed by atoms with Gasteiger partial charge in [-0.1, -0.05) is 0 Å². The van der Waals surface area contributed by atoms with Crippen molar-refractivity contribution < 1.29 is 13.2 Å². The van der Waals surface area contributed by atoms with Gasteiger partial charge in [-0.15, -0.1) is 11.3 Å². The minimum Gasteiger partial charge on any atom is -0.381 e. The molecule has 1 saturated carbocycles. The van der Waals surface area contributed by atoms with Crippen molar-refractivity contribution in [1.82, 2.24) is 4.72 Å². The Bertz CT molecular complexity index is 536. The van der Waals surface area contributed by atoms with E-state index in [0.717, 1.165) is 22.3 Å². The lowest BCUT2D eigenvalue weighted by atomic mass is 10.4. The first-order valence-corrected chi connectivity index (χ1v) is 9.19. The summed E-state index contributed by atoms with van der Waals surface area (Å²) in [6, 6.07) is 1.66. The Labute approximate surface area is 124 Å². The predicted octanol–water partition coefficient (Wildman–Crippen LogP) is 1.61. The summed E-state index contributed by atoms with van der Waals surface area (Å²) in [5, 5.41) is 0. The SMILES string of the molecule is Cc1sc(CN)cc1S(=O)(=O)NCCCOCC1CC1. The van der Waals surface area contributed by atoms with E-state index in [1.807, 2.05) is 0 Å². The highest BCUT2D eigenvalue weighted by Crippen LogP contribution is 2.28. The molecule has 114 valence electrons. The highest BCUT2D eigenvalue weighted by molar-refractivity contribution is 7.89. The Hall–Kier alpha value is -0.470. The summed E-state index contributed by atoms with van der Waals surface area (Å²) < 4.78 is 32.4. The van der Waals surface area contributed by atoms with Gasteiger partial charge in [-0.25, -0.2) is 13.1 Å². The maximum atomic E-state index is 12.1. The van der Waals surface area contributed by atoms with Crippen LogP contribution in [0.3, 0.4) is 0 Å². The average molecular weight is 318 g/mol. The molecule has 3 N–H and O–H groups in total. The maximum Gasteiger partial charge on any atom is 0.241 e. The largest absolute Gasteiger partial charge is 0.381 e. The fourth-order valence-electron chi connectivity index (χ4n) is 1.88. The summed E-state index contributed by atoms with van der Waals surface area (Å²) in [4.78, 5) is 2.01. The molecule has 0 bridgehead atoms. The quantitative estimate of drug-likeness (QED) is 0.678. The fourth-order valence-corrected chi connectivity index (χ4v) is 4.47. The maximum absolute atomic E-state index is 12.1. The number of nitrogens with two attached hydrogens (primary N) is 1. The molecule has 7 heteroatoms. The van der Waals surface area contributed by atoms with Crippen LogP contribution in [0.15, 0.2) is 11.0 Å². The van der Waals surface area contributed by atoms with E-state index in [2.05, 4.69) is 4.72 Å². The first-order valence-electron chi connectivity index (χ1n) is 6.89. The summed E-state index contributed by atoms with van der Waals surface area (Å²) in [7, 11) is -3.42. The van der Waals surface area contributed by atoms with Crippen LogP contribution in [-0.4, -0.2) is 28.2 Å². The monoisotopic (exact) mass is 318 g/mol. The summed E-state index contributed by atoms with van der Waals surface area (Å²) in [5.41, 5.74) is 5.54. The number of aryl methyl sites for hydroxylation is 1. The molecule has 1 aliphatic rings. The Morgan fingerprint density at radius 3 is 2.85 bits per heavy atom. The van der Waals surface area contributed by atoms with Crippen LogP contribution in [0.1, 0.15) is 29.0 Å². The van der Waals surface area contributed by atoms with Crippen LogP contribution in [0, 0.1) is 12.8 Å². The molecule has 20 heavy (non-hydrogen) atoms. The van der Waals surface area contributed by atoms with Gasteiger partial charge in [-0.3, -0.25) is 0 Å². The molecule has 0 spiro atoms. The third-order valence-corrected chi connectivity index (χ3v) is 6.01. The molecular formula is C13H22N2O3S2. The number of ether oxygens (including phenoxy) is 1. The van der Waals surface area contributed by atoms with Crippen molar-refractivity contribution in [2.75, 3.05) is 19.8 Å². The number of hydrogen-bond acceptors (Lipinski definition) is 5. The Balaban J connectivity index is 1.75. The van der Waals surface area contributed by atoms with Crippen molar-refractivity contribution >= 4 is 21.4 Å². The third kappa shape index (κ3) is 4.53. The van der Waals surface area contributed by atoms with E-state index in [0.29, 0.717) is 31.0 Å². The minimum atomic E-state index is -3.42. The molecule has 2 rings (SSSR count). The van der Waals surface area contributed by atoms with Crippen molar-refractivity contribution in [2.24, 2.45) is 11.7 Å². The van der Waals surface area contributed by atoms with E-state index in [9.17, 15) is 8.42 Å². The summed E-state index contributed by atoms with van der Waals surface area (Å²) in [5.74, 6) is 0.745. The smallest absolute Gasteiger partial charge is 0.241 e. The first-order chi connectivity index (χ1) is 9.53. The molecule has 0 radical (unpaired) electrons. The Kier molecular flexibility index (Phi) is 5.57. The molecule has 1 fully saturated rings. The van der Waals surface area contributed by atoms with Crippen LogP contribution in [-0.2, 0) is 21.3 Å². The number of hydrogen-bond donors (Lipinski definition) is 2. The lowest BCUT2D eigenvalue weighted by Crippen LogP contribution is -2.25. The lowest BCUT2D eigenvalue weighted by Gasteiger charge is -2.06. The Morgan fingerprint density at radius 1 is 1.50 bits per heavy atom. The van der Waals surface area contributed by atoms with Gasteiger partial charge in [0.25, 0.3) is 0 Å². The zero-order valence-electron chi connectivity index (χ0n) is 11.7. The molecule has 1 aromatic rings. The van der Waals surface area contributed by atoms with Crippen LogP contribution in [0.2, 0.25) is 0 Å². The van der Waals surface area contributed by atoms with Crippen molar-refractivity contribution in [3.63, 3.8) is 0 Å². The lowest BCUT2D eigenvalue weighted by molar-refractivity contribution is 0.123. The van der Waals surface area contributed by atoms with E-state index in [1.54, 1.807) is 13.0 Å². The average Bonchev–Trinajstić information content (AvgIpc) is 3.14. The van der Waals surface area contributed by atoms with E-state index in [-0.39, 0.29) is 0 Å². The predicted molar refractivity (Wildman–Crippen MR) is 80.3 cm³/mol. The van der Waals surface area contributed by atoms with Crippen LogP contribution < -0.4 is 10.5 Å². The first kappa shape index (κ1) is 15.9. The molecule has 0 aliphatic heterocycles. The van der Waals surface area contributed by atoms with Crippen molar-refractivity contribution in [3.05, 3.63) is 15.8 Å². The van der Waals surface area contributed by atoms with Crippen molar-refractivity contribution in [1.29, 1.82) is 0 Å². The van der Waals surface area contributed by atoms with Gasteiger partial charge in [0.15, 0.2) is 0 Å². The topological polar surface area (TPSA) is 81.4 Å². The van der Waals surface area contributed by atoms with Crippen LogP contribution in [0.4, 0.5) is 0 Å². The number of thiophene rings is 1. The summed E-state index contributed by atoms with van der Waals surface area (Å²) in [6.45, 7) is 4.00. The minimum absolute atomic E-state index is 0.349. The highest BCUT2D eigenvalue weighted by Gasteiger charge is 2.21. The molecule has 0 amide bonds. The van der Waals surface area contributed by atoms with Gasteiger partial charge >= 0.3 is 0 Å². The molecule has 1 heterocycles. The zero-order valence-corrected chi connectivity index (χ0v) is 13.4. The molecule has 0 atom stereocenters. The molecule has 1 aliphatic carbocycles. The van der Waals surface area contributed by atoms with E-state index < -0.39 is 10.0 Å². The van der Waals surface area contributed by atoms with Gasteiger partial charge in [0, 0.05) is 36.1 Å². The van der Waals surface area contributed by atoms with Gasteiger partial charge in [-0.05, 0) is 38.2 Å². The second-order valence-corrected chi connectivity index (χ2v) is 8.18. The summed E-state index contributed by atoms with van der Waals surface area (Å²) in [6.07, 6.45) is 3.24. The van der Waals surface area contributed by atoms with E-state index >= 15 is 0 Å². The van der Waals surface area contributed by atoms with Gasteiger partial charge in [0.2, 0.25) is 10.0 Å². The standard InChI is InChI=1S/C13H22N2O3S2/c1-10-13(7-12(8-14)19-10)20(16,17)15-5-2-6-18-9-11-3-4-11/h7,11,15H,2-6,8-9,14H2,1H3. The highest BCUT2D eigenvalue weighted by atomic mass is 32.2. The van der Waals surface area contributed by atoms with Gasteiger partial charge in [0.1, 0.15) is 0 Å². The van der Waals surface area contributed by atoms with Gasteiger partial charge in [0.05, 0.1) is 4.90 Å². The molecular weight excluding hydrogens is 296 g/mol. The summed E-state index contributed by atoms with van der Waals surface area (Å²) >= 11 is 1.43. The van der Waals surface area contributed by atoms with Crippen molar-refractivity contribution in [2.45, 2.75) is 37.6 Å².